The van der Waals surface area contributed by atoms with Crippen molar-refractivity contribution in [3.8, 4) is 0 Å². The zero-order valence-electron chi connectivity index (χ0n) is 11.6. The zero-order valence-corrected chi connectivity index (χ0v) is 11.6. The molecule has 1 atom stereocenters. The molecule has 0 amide bonds. The second-order valence-corrected chi connectivity index (χ2v) is 4.46. The minimum atomic E-state index is -0.899. The van der Waals surface area contributed by atoms with E-state index in [0.29, 0.717) is 6.54 Å². The molecule has 0 saturated heterocycles. The van der Waals surface area contributed by atoms with Gasteiger partial charge in [0.05, 0.1) is 0 Å². The van der Waals surface area contributed by atoms with E-state index in [2.05, 4.69) is 13.2 Å². The van der Waals surface area contributed by atoms with Crippen molar-refractivity contribution < 1.29 is 14.3 Å². The molecular weight excluding hydrogens is 254 g/mol. The lowest BCUT2D eigenvalue weighted by atomic mass is 9.99. The highest BCUT2D eigenvalue weighted by atomic mass is 16.5. The summed E-state index contributed by atoms with van der Waals surface area (Å²) in [6.45, 7) is 8.83. The van der Waals surface area contributed by atoms with Gasteiger partial charge < -0.3 is 10.5 Å². The van der Waals surface area contributed by atoms with Crippen LogP contribution in [0.1, 0.15) is 18.1 Å². The molecule has 0 spiro atoms. The molecule has 2 N–H and O–H groups in total. The summed E-state index contributed by atoms with van der Waals surface area (Å²) in [5.74, 6) is -0.929. The van der Waals surface area contributed by atoms with E-state index in [0.717, 1.165) is 17.2 Å². The zero-order chi connectivity index (χ0) is 15.1. The van der Waals surface area contributed by atoms with Gasteiger partial charge in [-0.2, -0.15) is 0 Å². The van der Waals surface area contributed by atoms with E-state index in [9.17, 15) is 9.59 Å². The first kappa shape index (κ1) is 15.9. The summed E-state index contributed by atoms with van der Waals surface area (Å²) in [6.07, 6.45) is 0.531. The third kappa shape index (κ3) is 4.17. The molecule has 0 aliphatic heterocycles. The highest BCUT2D eigenvalue weighted by molar-refractivity contribution is 5.96. The van der Waals surface area contributed by atoms with Gasteiger partial charge in [-0.25, -0.2) is 4.79 Å². The van der Waals surface area contributed by atoms with Crippen molar-refractivity contribution in [2.75, 3.05) is 0 Å². The predicted molar refractivity (Wildman–Crippen MR) is 77.9 cm³/mol. The monoisotopic (exact) mass is 273 g/mol. The number of ether oxygens (including phenoxy) is 1. The van der Waals surface area contributed by atoms with E-state index < -0.39 is 12.1 Å². The number of hydrogen-bond acceptors (Lipinski definition) is 4. The van der Waals surface area contributed by atoms with Gasteiger partial charge in [0, 0.05) is 18.5 Å². The van der Waals surface area contributed by atoms with Crippen LogP contribution in [0.15, 0.2) is 49.1 Å². The van der Waals surface area contributed by atoms with Gasteiger partial charge in [0.2, 0.25) is 0 Å². The van der Waals surface area contributed by atoms with Crippen molar-refractivity contribution >= 4 is 11.8 Å². The maximum Gasteiger partial charge on any atom is 0.333 e. The van der Waals surface area contributed by atoms with Crippen molar-refractivity contribution in [3.63, 3.8) is 0 Å². The van der Waals surface area contributed by atoms with E-state index in [1.54, 1.807) is 0 Å². The third-order valence-corrected chi connectivity index (χ3v) is 2.86. The second-order valence-electron chi connectivity index (χ2n) is 4.46. The average molecular weight is 273 g/mol. The van der Waals surface area contributed by atoms with Crippen LogP contribution < -0.4 is 5.73 Å². The van der Waals surface area contributed by atoms with Gasteiger partial charge >= 0.3 is 5.97 Å². The van der Waals surface area contributed by atoms with Gasteiger partial charge in [-0.1, -0.05) is 37.4 Å². The Hall–Kier alpha value is -2.20. The standard InChI is InChI=1S/C16H19NO3/c1-4-14(18)15(20-16(19)11(2)3)9-12-7-5-6-8-13(12)10-17/h4-8,15H,1-2,9-10,17H2,3H3. The summed E-state index contributed by atoms with van der Waals surface area (Å²) in [4.78, 5) is 23.4. The Labute approximate surface area is 118 Å². The van der Waals surface area contributed by atoms with Crippen LogP contribution in [-0.2, 0) is 27.3 Å². The fraction of sp³-hybridized carbons (Fsp3) is 0.250. The number of nitrogens with two attached hydrogens (primary N) is 1. The lowest BCUT2D eigenvalue weighted by Crippen LogP contribution is -2.29. The van der Waals surface area contributed by atoms with Crippen molar-refractivity contribution in [2.45, 2.75) is 26.0 Å². The van der Waals surface area contributed by atoms with E-state index in [1.165, 1.54) is 6.92 Å². The van der Waals surface area contributed by atoms with Gasteiger partial charge in [-0.3, -0.25) is 4.79 Å². The molecule has 0 heterocycles. The summed E-state index contributed by atoms with van der Waals surface area (Å²) in [6, 6.07) is 7.46. The number of rotatable bonds is 7. The number of carbonyl (C=O) groups is 2. The Morgan fingerprint density at radius 1 is 1.35 bits per heavy atom. The molecule has 1 unspecified atom stereocenters. The maximum absolute atomic E-state index is 11.8. The fourth-order valence-corrected chi connectivity index (χ4v) is 1.72. The number of carbonyl (C=O) groups excluding carboxylic acids is 2. The third-order valence-electron chi connectivity index (χ3n) is 2.86. The van der Waals surface area contributed by atoms with Crippen molar-refractivity contribution in [2.24, 2.45) is 5.73 Å². The molecule has 0 bridgehead atoms. The highest BCUT2D eigenvalue weighted by Crippen LogP contribution is 2.14. The lowest BCUT2D eigenvalue weighted by Gasteiger charge is -2.17. The Kier molecular flexibility index (Phi) is 5.87. The predicted octanol–water partition coefficient (Wildman–Crippen LogP) is 1.93. The first-order valence-corrected chi connectivity index (χ1v) is 6.29. The van der Waals surface area contributed by atoms with Crippen LogP contribution in [-0.4, -0.2) is 17.9 Å². The maximum atomic E-state index is 11.8. The summed E-state index contributed by atoms with van der Waals surface area (Å²) in [7, 11) is 0. The van der Waals surface area contributed by atoms with E-state index in [1.807, 2.05) is 24.3 Å². The number of esters is 1. The van der Waals surface area contributed by atoms with Crippen LogP contribution in [0.4, 0.5) is 0 Å². The first-order chi connectivity index (χ1) is 9.49. The summed E-state index contributed by atoms with van der Waals surface area (Å²) >= 11 is 0. The van der Waals surface area contributed by atoms with Gasteiger partial charge in [0.15, 0.2) is 11.9 Å². The molecule has 0 aromatic heterocycles. The molecule has 0 aliphatic rings. The Balaban J connectivity index is 2.95. The molecule has 0 radical (unpaired) electrons. The Morgan fingerprint density at radius 2 is 1.95 bits per heavy atom. The Morgan fingerprint density at radius 3 is 2.45 bits per heavy atom. The normalized spacial score (nSPS) is 11.5. The van der Waals surface area contributed by atoms with Crippen molar-refractivity contribution in [3.05, 3.63) is 60.2 Å². The highest BCUT2D eigenvalue weighted by Gasteiger charge is 2.22. The van der Waals surface area contributed by atoms with Crippen LogP contribution in [0.25, 0.3) is 0 Å². The smallest absolute Gasteiger partial charge is 0.333 e. The number of hydrogen-bond donors (Lipinski definition) is 1. The van der Waals surface area contributed by atoms with E-state index in [-0.39, 0.29) is 17.8 Å². The molecular formula is C16H19NO3. The molecule has 20 heavy (non-hydrogen) atoms. The lowest BCUT2D eigenvalue weighted by molar-refractivity contribution is -0.149. The van der Waals surface area contributed by atoms with Crippen LogP contribution in [0.5, 0.6) is 0 Å². The van der Waals surface area contributed by atoms with Crippen LogP contribution in [0.3, 0.4) is 0 Å². The summed E-state index contributed by atoms with van der Waals surface area (Å²) in [5.41, 5.74) is 7.70. The molecule has 4 heteroatoms. The molecule has 0 saturated carbocycles. The van der Waals surface area contributed by atoms with E-state index >= 15 is 0 Å². The molecule has 1 aromatic carbocycles. The molecule has 106 valence electrons. The molecule has 1 aromatic rings. The largest absolute Gasteiger partial charge is 0.450 e. The topological polar surface area (TPSA) is 69.4 Å². The van der Waals surface area contributed by atoms with Crippen LogP contribution >= 0.6 is 0 Å². The molecule has 1 rings (SSSR count). The first-order valence-electron chi connectivity index (χ1n) is 6.29. The molecule has 0 aliphatic carbocycles. The van der Waals surface area contributed by atoms with E-state index in [4.69, 9.17) is 10.5 Å². The number of ketones is 1. The van der Waals surface area contributed by atoms with Gasteiger partial charge in [-0.05, 0) is 24.1 Å². The fourth-order valence-electron chi connectivity index (χ4n) is 1.72. The van der Waals surface area contributed by atoms with Crippen molar-refractivity contribution in [1.82, 2.24) is 0 Å². The average Bonchev–Trinajstić information content (AvgIpc) is 2.45. The molecule has 4 nitrogen and oxygen atoms in total. The minimum Gasteiger partial charge on any atom is -0.450 e. The van der Waals surface area contributed by atoms with Gasteiger partial charge in [-0.15, -0.1) is 0 Å². The molecule has 0 fully saturated rings. The summed E-state index contributed by atoms with van der Waals surface area (Å²) in [5, 5.41) is 0. The Bertz CT molecular complexity index is 534. The summed E-state index contributed by atoms with van der Waals surface area (Å²) < 4.78 is 5.17. The van der Waals surface area contributed by atoms with Gasteiger partial charge in [0.25, 0.3) is 0 Å². The SMILES string of the molecule is C=CC(=O)C(Cc1ccccc1CN)OC(=O)C(=C)C. The minimum absolute atomic E-state index is 0.249. The second kappa shape index (κ2) is 7.40. The van der Waals surface area contributed by atoms with Crippen LogP contribution in [0.2, 0.25) is 0 Å². The van der Waals surface area contributed by atoms with Gasteiger partial charge in [0.1, 0.15) is 0 Å². The number of benzene rings is 1. The quantitative estimate of drug-likeness (QED) is 0.609. The van der Waals surface area contributed by atoms with Crippen LogP contribution in [0, 0.1) is 0 Å². The van der Waals surface area contributed by atoms with Crippen molar-refractivity contribution in [1.29, 1.82) is 0 Å².